The second kappa shape index (κ2) is 8.17. The first-order valence-corrected chi connectivity index (χ1v) is 8.62. The Labute approximate surface area is 153 Å². The third-order valence-corrected chi connectivity index (χ3v) is 4.22. The predicted octanol–water partition coefficient (Wildman–Crippen LogP) is 2.55. The fraction of sp³-hybridized carbons (Fsp3) is 0.118. The van der Waals surface area contributed by atoms with E-state index in [0.29, 0.717) is 22.9 Å². The second-order valence-electron chi connectivity index (χ2n) is 5.05. The number of aromatic nitrogens is 4. The lowest BCUT2D eigenvalue weighted by molar-refractivity contribution is -0.137. The van der Waals surface area contributed by atoms with Crippen LogP contribution in [0.15, 0.2) is 48.1 Å². The van der Waals surface area contributed by atoms with Crippen LogP contribution in [0, 0.1) is 0 Å². The number of carbonyl (C=O) groups is 2. The first-order valence-electron chi connectivity index (χ1n) is 7.74. The van der Waals surface area contributed by atoms with Gasteiger partial charge in [-0.25, -0.2) is 4.79 Å². The van der Waals surface area contributed by atoms with Gasteiger partial charge in [0.25, 0.3) is 5.91 Å². The molecule has 0 saturated heterocycles. The van der Waals surface area contributed by atoms with Crippen LogP contribution in [0.3, 0.4) is 0 Å². The highest BCUT2D eigenvalue weighted by molar-refractivity contribution is 7.12. The van der Waals surface area contributed by atoms with E-state index in [0.717, 1.165) is 5.56 Å². The second-order valence-corrected chi connectivity index (χ2v) is 5.97. The standard InChI is InChI=1S/C17H15N5O3S/c1-2-25-15(23)8-5-12-3-6-13(7-4-12)19-17(24)16-14(9-10-26-16)22-11-18-20-21-22/h3-11H,2H2,1H3,(H,19,24)/b8-5+. The highest BCUT2D eigenvalue weighted by Gasteiger charge is 2.15. The Morgan fingerprint density at radius 1 is 1.27 bits per heavy atom. The molecule has 0 spiro atoms. The molecule has 0 aliphatic heterocycles. The summed E-state index contributed by atoms with van der Waals surface area (Å²) >= 11 is 1.30. The predicted molar refractivity (Wildman–Crippen MR) is 97.1 cm³/mol. The number of hydrogen-bond donors (Lipinski definition) is 1. The molecule has 1 aromatic carbocycles. The summed E-state index contributed by atoms with van der Waals surface area (Å²) in [4.78, 5) is 24.3. The van der Waals surface area contributed by atoms with Crippen molar-refractivity contribution in [3.8, 4) is 5.69 Å². The van der Waals surface area contributed by atoms with E-state index < -0.39 is 5.97 Å². The molecular formula is C17H15N5O3S. The first-order chi connectivity index (χ1) is 12.7. The number of nitrogens with one attached hydrogen (secondary N) is 1. The minimum absolute atomic E-state index is 0.250. The molecule has 1 amide bonds. The van der Waals surface area contributed by atoms with Gasteiger partial charge in [0.05, 0.1) is 12.3 Å². The van der Waals surface area contributed by atoms with Gasteiger partial charge in [0.2, 0.25) is 0 Å². The van der Waals surface area contributed by atoms with Gasteiger partial charge in [-0.2, -0.15) is 4.68 Å². The topological polar surface area (TPSA) is 99.0 Å². The number of carbonyl (C=O) groups excluding carboxylic acids is 2. The molecule has 1 N–H and O–H groups in total. The van der Waals surface area contributed by atoms with Gasteiger partial charge in [0.15, 0.2) is 0 Å². The fourth-order valence-corrected chi connectivity index (χ4v) is 2.92. The van der Waals surface area contributed by atoms with Crippen molar-refractivity contribution in [1.29, 1.82) is 0 Å². The Balaban J connectivity index is 1.67. The van der Waals surface area contributed by atoms with Crippen LogP contribution in [0.1, 0.15) is 22.2 Å². The number of amides is 1. The van der Waals surface area contributed by atoms with Gasteiger partial charge in [-0.05, 0) is 52.6 Å². The van der Waals surface area contributed by atoms with Gasteiger partial charge in [-0.1, -0.05) is 12.1 Å². The van der Waals surface area contributed by atoms with Crippen LogP contribution in [-0.2, 0) is 9.53 Å². The van der Waals surface area contributed by atoms with E-state index in [1.165, 1.54) is 28.4 Å². The third-order valence-electron chi connectivity index (χ3n) is 3.31. The number of hydrogen-bond acceptors (Lipinski definition) is 7. The molecular weight excluding hydrogens is 354 g/mol. The zero-order chi connectivity index (χ0) is 18.4. The fourth-order valence-electron chi connectivity index (χ4n) is 2.14. The van der Waals surface area contributed by atoms with Crippen LogP contribution in [0.5, 0.6) is 0 Å². The molecule has 0 aliphatic carbocycles. The Kier molecular flexibility index (Phi) is 5.49. The summed E-state index contributed by atoms with van der Waals surface area (Å²) < 4.78 is 6.26. The first kappa shape index (κ1) is 17.5. The molecule has 9 heteroatoms. The van der Waals surface area contributed by atoms with Crippen molar-refractivity contribution in [2.75, 3.05) is 11.9 Å². The van der Waals surface area contributed by atoms with Crippen molar-refractivity contribution < 1.29 is 14.3 Å². The summed E-state index contributed by atoms with van der Waals surface area (Å²) in [5, 5.41) is 15.6. The molecule has 2 heterocycles. The van der Waals surface area contributed by atoms with Crippen molar-refractivity contribution >= 4 is 35.0 Å². The van der Waals surface area contributed by atoms with Crippen molar-refractivity contribution in [3.63, 3.8) is 0 Å². The maximum atomic E-state index is 12.5. The largest absolute Gasteiger partial charge is 0.463 e. The third kappa shape index (κ3) is 4.19. The van der Waals surface area contributed by atoms with Crippen molar-refractivity contribution in [2.45, 2.75) is 6.92 Å². The van der Waals surface area contributed by atoms with Crippen molar-refractivity contribution in [3.05, 3.63) is 58.6 Å². The van der Waals surface area contributed by atoms with Crippen LogP contribution in [0.4, 0.5) is 5.69 Å². The molecule has 26 heavy (non-hydrogen) atoms. The average molecular weight is 369 g/mol. The quantitative estimate of drug-likeness (QED) is 0.529. The lowest BCUT2D eigenvalue weighted by Crippen LogP contribution is -2.13. The van der Waals surface area contributed by atoms with Gasteiger partial charge >= 0.3 is 5.97 Å². The summed E-state index contributed by atoms with van der Waals surface area (Å²) in [5.74, 6) is -0.641. The Morgan fingerprint density at radius 2 is 2.08 bits per heavy atom. The summed E-state index contributed by atoms with van der Waals surface area (Å²) in [7, 11) is 0. The van der Waals surface area contributed by atoms with Gasteiger partial charge in [0.1, 0.15) is 11.2 Å². The molecule has 0 saturated carbocycles. The summed E-state index contributed by atoms with van der Waals surface area (Å²) in [5.41, 5.74) is 2.08. The van der Waals surface area contributed by atoms with E-state index in [2.05, 4.69) is 20.8 Å². The zero-order valence-electron chi connectivity index (χ0n) is 13.8. The van der Waals surface area contributed by atoms with E-state index in [9.17, 15) is 9.59 Å². The molecule has 0 aliphatic rings. The molecule has 3 rings (SSSR count). The highest BCUT2D eigenvalue weighted by atomic mass is 32.1. The monoisotopic (exact) mass is 369 g/mol. The molecule has 0 atom stereocenters. The lowest BCUT2D eigenvalue weighted by Gasteiger charge is -2.06. The smallest absolute Gasteiger partial charge is 0.330 e. The SMILES string of the molecule is CCOC(=O)/C=C/c1ccc(NC(=O)c2sccc2-n2cnnn2)cc1. The Morgan fingerprint density at radius 3 is 2.77 bits per heavy atom. The van der Waals surface area contributed by atoms with Crippen LogP contribution in [-0.4, -0.2) is 38.7 Å². The Bertz CT molecular complexity index is 916. The number of esters is 1. The number of benzene rings is 1. The van der Waals surface area contributed by atoms with Crippen LogP contribution in [0.2, 0.25) is 0 Å². The van der Waals surface area contributed by atoms with Crippen molar-refractivity contribution in [1.82, 2.24) is 20.2 Å². The van der Waals surface area contributed by atoms with E-state index >= 15 is 0 Å². The summed E-state index contributed by atoms with van der Waals surface area (Å²) in [6, 6.07) is 8.88. The summed E-state index contributed by atoms with van der Waals surface area (Å²) in [6.45, 7) is 2.09. The number of nitrogens with zero attached hydrogens (tertiary/aromatic N) is 4. The lowest BCUT2D eigenvalue weighted by atomic mass is 10.2. The van der Waals surface area contributed by atoms with Gasteiger partial charge in [0, 0.05) is 11.8 Å². The van der Waals surface area contributed by atoms with Gasteiger partial charge < -0.3 is 10.1 Å². The van der Waals surface area contributed by atoms with E-state index in [1.54, 1.807) is 48.7 Å². The van der Waals surface area contributed by atoms with Crippen LogP contribution < -0.4 is 5.32 Å². The van der Waals surface area contributed by atoms with Gasteiger partial charge in [-0.15, -0.1) is 16.4 Å². The Hall–Kier alpha value is -3.33. The van der Waals surface area contributed by atoms with Crippen molar-refractivity contribution in [2.24, 2.45) is 0 Å². The van der Waals surface area contributed by atoms with Crippen LogP contribution in [0.25, 0.3) is 11.8 Å². The molecule has 0 fully saturated rings. The number of anilines is 1. The maximum Gasteiger partial charge on any atom is 0.330 e. The average Bonchev–Trinajstić information content (AvgIpc) is 3.32. The molecule has 2 aromatic heterocycles. The summed E-state index contributed by atoms with van der Waals surface area (Å²) in [6.07, 6.45) is 4.45. The van der Waals surface area contributed by atoms with Crippen LogP contribution >= 0.6 is 11.3 Å². The molecule has 0 bridgehead atoms. The normalized spacial score (nSPS) is 10.8. The molecule has 3 aromatic rings. The highest BCUT2D eigenvalue weighted by Crippen LogP contribution is 2.22. The van der Waals surface area contributed by atoms with E-state index in [-0.39, 0.29) is 5.91 Å². The minimum Gasteiger partial charge on any atom is -0.463 e. The van der Waals surface area contributed by atoms with E-state index in [4.69, 9.17) is 4.74 Å². The maximum absolute atomic E-state index is 12.5. The number of tetrazole rings is 1. The molecule has 0 unspecified atom stereocenters. The number of thiophene rings is 1. The van der Waals surface area contributed by atoms with Gasteiger partial charge in [-0.3, -0.25) is 4.79 Å². The number of ether oxygens (including phenoxy) is 1. The van der Waals surface area contributed by atoms with E-state index in [1.807, 2.05) is 0 Å². The molecule has 132 valence electrons. The zero-order valence-corrected chi connectivity index (χ0v) is 14.6. The minimum atomic E-state index is -0.391. The molecule has 0 radical (unpaired) electrons. The number of rotatable bonds is 6. The molecule has 8 nitrogen and oxygen atoms in total.